The number of piperidine rings is 1. The van der Waals surface area contributed by atoms with E-state index in [0.717, 1.165) is 18.4 Å². The first-order valence-electron chi connectivity index (χ1n) is 9.65. The summed E-state index contributed by atoms with van der Waals surface area (Å²) in [7, 11) is 1.32. The van der Waals surface area contributed by atoms with Gasteiger partial charge < -0.3 is 14.2 Å². The topological polar surface area (TPSA) is 68.6 Å². The van der Waals surface area contributed by atoms with E-state index in [1.54, 1.807) is 23.8 Å². The predicted molar refractivity (Wildman–Crippen MR) is 106 cm³/mol. The zero-order valence-electron chi connectivity index (χ0n) is 16.4. The lowest BCUT2D eigenvalue weighted by molar-refractivity contribution is -0.147. The molecule has 2 aromatic rings. The third kappa shape index (κ3) is 4.16. The van der Waals surface area contributed by atoms with Crippen LogP contribution in [0, 0.1) is 6.92 Å². The number of ether oxygens (including phenoxy) is 1. The highest BCUT2D eigenvalue weighted by molar-refractivity contribution is 5.97. The molecule has 1 aliphatic heterocycles. The molecule has 0 bridgehead atoms. The monoisotopic (exact) mass is 382 g/mol. The predicted octanol–water partition coefficient (Wildman–Crippen LogP) is 2.57. The SMILES string of the molecule is COC(=O)C1CCCCN1C(=O)c1c(C)ccn(CCc2ccccc2)c1=O. The number of hydrogen-bond acceptors (Lipinski definition) is 4. The van der Waals surface area contributed by atoms with Crippen molar-refractivity contribution in [3.05, 3.63) is 69.6 Å². The van der Waals surface area contributed by atoms with Crippen LogP contribution in [0.1, 0.15) is 40.7 Å². The lowest BCUT2D eigenvalue weighted by Gasteiger charge is -2.34. The van der Waals surface area contributed by atoms with Crippen LogP contribution in [0.15, 0.2) is 47.4 Å². The average Bonchev–Trinajstić information content (AvgIpc) is 2.73. The molecule has 1 fully saturated rings. The summed E-state index contributed by atoms with van der Waals surface area (Å²) in [5.41, 5.74) is 1.59. The lowest BCUT2D eigenvalue weighted by atomic mass is 10.00. The van der Waals surface area contributed by atoms with Crippen molar-refractivity contribution < 1.29 is 14.3 Å². The van der Waals surface area contributed by atoms with E-state index in [0.29, 0.717) is 31.5 Å². The summed E-state index contributed by atoms with van der Waals surface area (Å²) < 4.78 is 6.44. The number of benzene rings is 1. The Morgan fingerprint density at radius 1 is 1.14 bits per heavy atom. The molecule has 0 saturated carbocycles. The molecule has 1 unspecified atom stereocenters. The fraction of sp³-hybridized carbons (Fsp3) is 0.409. The minimum absolute atomic E-state index is 0.145. The molecule has 3 rings (SSSR count). The zero-order chi connectivity index (χ0) is 20.1. The lowest BCUT2D eigenvalue weighted by Crippen LogP contribution is -2.50. The molecule has 0 radical (unpaired) electrons. The standard InChI is InChI=1S/C22H26N2O4/c1-16-11-14-23(15-12-17-8-4-3-5-9-17)20(25)19(16)21(26)24-13-7-6-10-18(24)22(27)28-2/h3-5,8-9,11,14,18H,6-7,10,12-13,15H2,1-2H3. The van der Waals surface area contributed by atoms with Gasteiger partial charge in [0, 0.05) is 19.3 Å². The van der Waals surface area contributed by atoms with E-state index in [4.69, 9.17) is 4.74 Å². The molecule has 28 heavy (non-hydrogen) atoms. The molecule has 2 heterocycles. The summed E-state index contributed by atoms with van der Waals surface area (Å²) in [6.07, 6.45) is 4.66. The van der Waals surface area contributed by atoms with Gasteiger partial charge in [0.05, 0.1) is 7.11 Å². The molecule has 1 amide bonds. The fourth-order valence-electron chi connectivity index (χ4n) is 3.69. The number of hydrogen-bond donors (Lipinski definition) is 0. The number of aryl methyl sites for hydroxylation is 3. The molecule has 0 aliphatic carbocycles. The van der Waals surface area contributed by atoms with Crippen molar-refractivity contribution >= 4 is 11.9 Å². The van der Waals surface area contributed by atoms with Gasteiger partial charge in [0.2, 0.25) is 0 Å². The Balaban J connectivity index is 1.87. The number of aromatic nitrogens is 1. The molecular formula is C22H26N2O4. The molecule has 0 spiro atoms. The summed E-state index contributed by atoms with van der Waals surface area (Å²) in [5, 5.41) is 0. The fourth-order valence-corrected chi connectivity index (χ4v) is 3.69. The number of rotatable bonds is 5. The Kier molecular flexibility index (Phi) is 6.29. The van der Waals surface area contributed by atoms with Crippen molar-refractivity contribution in [3.63, 3.8) is 0 Å². The van der Waals surface area contributed by atoms with E-state index in [1.807, 2.05) is 30.3 Å². The zero-order valence-corrected chi connectivity index (χ0v) is 16.4. The summed E-state index contributed by atoms with van der Waals surface area (Å²) in [5.74, 6) is -0.808. The highest BCUT2D eigenvalue weighted by Crippen LogP contribution is 2.21. The van der Waals surface area contributed by atoms with Crippen LogP contribution in [-0.4, -0.2) is 41.0 Å². The normalized spacial score (nSPS) is 16.6. The van der Waals surface area contributed by atoms with Gasteiger partial charge in [-0.3, -0.25) is 9.59 Å². The van der Waals surface area contributed by atoms with Crippen molar-refractivity contribution in [3.8, 4) is 0 Å². The maximum Gasteiger partial charge on any atom is 0.328 e. The van der Waals surface area contributed by atoms with Crippen LogP contribution in [0.3, 0.4) is 0 Å². The number of methoxy groups -OCH3 is 1. The summed E-state index contributed by atoms with van der Waals surface area (Å²) >= 11 is 0. The van der Waals surface area contributed by atoms with Gasteiger partial charge in [0.15, 0.2) is 0 Å². The van der Waals surface area contributed by atoms with Crippen molar-refractivity contribution in [2.45, 2.75) is 45.2 Å². The van der Waals surface area contributed by atoms with E-state index >= 15 is 0 Å². The number of likely N-dealkylation sites (tertiary alicyclic amines) is 1. The number of pyridine rings is 1. The first kappa shape index (κ1) is 19.9. The Morgan fingerprint density at radius 3 is 2.61 bits per heavy atom. The Hall–Kier alpha value is -2.89. The van der Waals surface area contributed by atoms with Gasteiger partial charge in [-0.25, -0.2) is 4.79 Å². The summed E-state index contributed by atoms with van der Waals surface area (Å²) in [6, 6.07) is 11.1. The second kappa shape index (κ2) is 8.87. The molecule has 6 heteroatoms. The molecular weight excluding hydrogens is 356 g/mol. The van der Waals surface area contributed by atoms with E-state index in [2.05, 4.69) is 0 Å². The molecule has 6 nitrogen and oxygen atoms in total. The Morgan fingerprint density at radius 2 is 1.89 bits per heavy atom. The maximum atomic E-state index is 13.2. The molecule has 148 valence electrons. The van der Waals surface area contributed by atoms with E-state index in [9.17, 15) is 14.4 Å². The largest absolute Gasteiger partial charge is 0.467 e. The molecule has 1 aromatic heterocycles. The van der Waals surface area contributed by atoms with Crippen LogP contribution in [-0.2, 0) is 22.5 Å². The van der Waals surface area contributed by atoms with Crippen LogP contribution in [0.25, 0.3) is 0 Å². The quantitative estimate of drug-likeness (QED) is 0.746. The van der Waals surface area contributed by atoms with Crippen LogP contribution in [0.2, 0.25) is 0 Å². The molecule has 1 aliphatic rings. The van der Waals surface area contributed by atoms with Gasteiger partial charge in [-0.15, -0.1) is 0 Å². The second-order valence-electron chi connectivity index (χ2n) is 7.14. The van der Waals surface area contributed by atoms with E-state index in [1.165, 1.54) is 12.0 Å². The second-order valence-corrected chi connectivity index (χ2v) is 7.14. The summed E-state index contributed by atoms with van der Waals surface area (Å²) in [4.78, 5) is 39.9. The van der Waals surface area contributed by atoms with Crippen molar-refractivity contribution in [2.75, 3.05) is 13.7 Å². The maximum absolute atomic E-state index is 13.2. The third-order valence-corrected chi connectivity index (χ3v) is 5.31. The molecule has 1 atom stereocenters. The number of carbonyl (C=O) groups excluding carboxylic acids is 2. The first-order chi connectivity index (χ1) is 13.5. The van der Waals surface area contributed by atoms with Crippen LogP contribution >= 0.6 is 0 Å². The van der Waals surface area contributed by atoms with Crippen LogP contribution < -0.4 is 5.56 Å². The third-order valence-electron chi connectivity index (χ3n) is 5.31. The Labute approximate surface area is 164 Å². The minimum Gasteiger partial charge on any atom is -0.467 e. The van der Waals surface area contributed by atoms with Crippen molar-refractivity contribution in [2.24, 2.45) is 0 Å². The molecule has 1 aromatic carbocycles. The van der Waals surface area contributed by atoms with Gasteiger partial charge in [0.25, 0.3) is 11.5 Å². The van der Waals surface area contributed by atoms with Gasteiger partial charge in [-0.2, -0.15) is 0 Å². The van der Waals surface area contributed by atoms with Crippen LogP contribution in [0.5, 0.6) is 0 Å². The number of esters is 1. The molecule has 0 N–H and O–H groups in total. The van der Waals surface area contributed by atoms with Crippen molar-refractivity contribution in [1.82, 2.24) is 9.47 Å². The first-order valence-corrected chi connectivity index (χ1v) is 9.65. The Bertz CT molecular complexity index is 904. The smallest absolute Gasteiger partial charge is 0.328 e. The average molecular weight is 382 g/mol. The van der Waals surface area contributed by atoms with Crippen molar-refractivity contribution in [1.29, 1.82) is 0 Å². The highest BCUT2D eigenvalue weighted by Gasteiger charge is 2.35. The van der Waals surface area contributed by atoms with Gasteiger partial charge in [-0.05, 0) is 49.8 Å². The van der Waals surface area contributed by atoms with Gasteiger partial charge >= 0.3 is 5.97 Å². The summed E-state index contributed by atoms with van der Waals surface area (Å²) in [6.45, 7) is 2.70. The van der Waals surface area contributed by atoms with Crippen LogP contribution in [0.4, 0.5) is 0 Å². The van der Waals surface area contributed by atoms with E-state index in [-0.39, 0.29) is 17.0 Å². The highest BCUT2D eigenvalue weighted by atomic mass is 16.5. The number of nitrogens with zero attached hydrogens (tertiary/aromatic N) is 2. The van der Waals surface area contributed by atoms with Gasteiger partial charge in [-0.1, -0.05) is 30.3 Å². The molecule has 1 saturated heterocycles. The number of amides is 1. The minimum atomic E-state index is -0.622. The van der Waals surface area contributed by atoms with Gasteiger partial charge in [0.1, 0.15) is 11.6 Å². The van der Waals surface area contributed by atoms with E-state index < -0.39 is 12.0 Å². The number of carbonyl (C=O) groups is 2.